The number of anilines is 1. The second kappa shape index (κ2) is 10.0. The molecule has 1 fully saturated rings. The van der Waals surface area contributed by atoms with E-state index < -0.39 is 6.03 Å². The smallest absolute Gasteiger partial charge is 0.319 e. The summed E-state index contributed by atoms with van der Waals surface area (Å²) < 4.78 is 5.86. The molecule has 1 aliphatic rings. The van der Waals surface area contributed by atoms with E-state index in [0.717, 1.165) is 55.4 Å². The predicted molar refractivity (Wildman–Crippen MR) is 127 cm³/mol. The summed E-state index contributed by atoms with van der Waals surface area (Å²) >= 11 is 0. The van der Waals surface area contributed by atoms with Gasteiger partial charge in [0.2, 0.25) is 0 Å². The summed E-state index contributed by atoms with van der Waals surface area (Å²) in [5.74, 6) is 0.504. The van der Waals surface area contributed by atoms with E-state index in [1.165, 1.54) is 24.1 Å². The largest absolute Gasteiger partial charge is 0.464 e. The van der Waals surface area contributed by atoms with Crippen LogP contribution >= 0.6 is 0 Å². The lowest BCUT2D eigenvalue weighted by Gasteiger charge is -2.31. The molecule has 0 aliphatic carbocycles. The molecule has 5 heteroatoms. The van der Waals surface area contributed by atoms with Gasteiger partial charge in [-0.2, -0.15) is 0 Å². The molecule has 31 heavy (non-hydrogen) atoms. The minimum atomic E-state index is -0.412. The number of fused-ring (bicyclic) bond motifs is 1. The summed E-state index contributed by atoms with van der Waals surface area (Å²) in [7, 11) is 0. The van der Waals surface area contributed by atoms with E-state index in [0.29, 0.717) is 12.5 Å². The first-order valence-corrected chi connectivity index (χ1v) is 11.5. The summed E-state index contributed by atoms with van der Waals surface area (Å²) in [6, 6.07) is 15.9. The number of piperidine rings is 1. The molecule has 164 valence electrons. The molecule has 0 unspecified atom stereocenters. The Kier molecular flexibility index (Phi) is 6.92. The monoisotopic (exact) mass is 419 g/mol. The molecule has 0 atom stereocenters. The minimum Gasteiger partial charge on any atom is -0.464 e. The number of carbonyl (C=O) groups excluding carboxylic acids is 1. The van der Waals surface area contributed by atoms with Crippen LogP contribution in [-0.2, 0) is 6.42 Å². The number of primary amides is 1. The molecular weight excluding hydrogens is 386 g/mol. The first-order chi connectivity index (χ1) is 15.2. The standard InChI is InChI=1S/C26H33N3O2/c1-2-14-28-16-12-21(13-17-28)24-19-31-25-11-10-22(18-23(24)25)29(26(27)30)15-6-9-20-7-4-3-5-8-20/h3-5,7-8,10-11,18-19,21H,2,6,9,12-17H2,1H3,(H2,27,30). The zero-order chi connectivity index (χ0) is 21.6. The fraction of sp³-hybridized carbons (Fsp3) is 0.423. The number of hydrogen-bond acceptors (Lipinski definition) is 3. The maximum atomic E-state index is 12.2. The molecule has 2 heterocycles. The molecule has 1 aromatic heterocycles. The van der Waals surface area contributed by atoms with Crippen LogP contribution in [0.3, 0.4) is 0 Å². The fourth-order valence-corrected chi connectivity index (χ4v) is 4.76. The Morgan fingerprint density at radius 3 is 2.65 bits per heavy atom. The first kappa shape index (κ1) is 21.4. The van der Waals surface area contributed by atoms with Gasteiger partial charge in [0.05, 0.1) is 6.26 Å². The summed E-state index contributed by atoms with van der Waals surface area (Å²) in [4.78, 5) is 16.5. The third-order valence-corrected chi connectivity index (χ3v) is 6.42. The highest BCUT2D eigenvalue weighted by Gasteiger charge is 2.24. The van der Waals surface area contributed by atoms with Crippen molar-refractivity contribution in [2.24, 2.45) is 5.73 Å². The van der Waals surface area contributed by atoms with Crippen LogP contribution in [0.5, 0.6) is 0 Å². The van der Waals surface area contributed by atoms with E-state index in [9.17, 15) is 4.79 Å². The molecule has 2 aromatic carbocycles. The van der Waals surface area contributed by atoms with Crippen LogP contribution in [0.15, 0.2) is 59.2 Å². The lowest BCUT2D eigenvalue weighted by Crippen LogP contribution is -2.36. The van der Waals surface area contributed by atoms with Crippen molar-refractivity contribution in [2.45, 2.75) is 44.9 Å². The van der Waals surface area contributed by atoms with Crippen LogP contribution in [0.4, 0.5) is 10.5 Å². The molecule has 1 aliphatic heterocycles. The molecule has 0 radical (unpaired) electrons. The number of urea groups is 1. The second-order valence-corrected chi connectivity index (χ2v) is 8.57. The molecule has 5 nitrogen and oxygen atoms in total. The number of rotatable bonds is 8. The minimum absolute atomic E-state index is 0.412. The molecule has 2 amide bonds. The Bertz CT molecular complexity index is 990. The van der Waals surface area contributed by atoms with Crippen molar-refractivity contribution < 1.29 is 9.21 Å². The highest BCUT2D eigenvalue weighted by atomic mass is 16.3. The Labute approximate surface area is 184 Å². The van der Waals surface area contributed by atoms with Crippen molar-refractivity contribution in [1.82, 2.24) is 4.90 Å². The van der Waals surface area contributed by atoms with E-state index >= 15 is 0 Å². The molecule has 0 spiro atoms. The summed E-state index contributed by atoms with van der Waals surface area (Å²) in [6.07, 6.45) is 7.19. The topological polar surface area (TPSA) is 62.7 Å². The van der Waals surface area contributed by atoms with Gasteiger partial charge in [0.1, 0.15) is 5.58 Å². The van der Waals surface area contributed by atoms with Crippen LogP contribution in [0, 0.1) is 0 Å². The van der Waals surface area contributed by atoms with E-state index in [1.54, 1.807) is 4.90 Å². The van der Waals surface area contributed by atoms with Gasteiger partial charge in [-0.25, -0.2) is 4.79 Å². The number of amides is 2. The van der Waals surface area contributed by atoms with E-state index in [1.807, 2.05) is 36.6 Å². The number of furan rings is 1. The van der Waals surface area contributed by atoms with Gasteiger partial charge < -0.3 is 15.1 Å². The number of aryl methyl sites for hydroxylation is 1. The average Bonchev–Trinajstić information content (AvgIpc) is 3.21. The van der Waals surface area contributed by atoms with Crippen molar-refractivity contribution in [2.75, 3.05) is 31.1 Å². The fourth-order valence-electron chi connectivity index (χ4n) is 4.76. The third-order valence-electron chi connectivity index (χ3n) is 6.42. The second-order valence-electron chi connectivity index (χ2n) is 8.57. The number of benzene rings is 2. The zero-order valence-corrected chi connectivity index (χ0v) is 18.4. The van der Waals surface area contributed by atoms with Gasteiger partial charge in [-0.3, -0.25) is 4.90 Å². The number of hydrogen-bond donors (Lipinski definition) is 1. The molecular formula is C26H33N3O2. The highest BCUT2D eigenvalue weighted by molar-refractivity contribution is 5.94. The molecule has 3 aromatic rings. The molecule has 2 N–H and O–H groups in total. The van der Waals surface area contributed by atoms with Gasteiger partial charge in [-0.05, 0) is 81.4 Å². The Morgan fingerprint density at radius 2 is 1.94 bits per heavy atom. The van der Waals surface area contributed by atoms with Crippen molar-refractivity contribution in [3.05, 3.63) is 65.9 Å². The average molecular weight is 420 g/mol. The predicted octanol–water partition coefficient (Wildman–Crippen LogP) is 5.54. The van der Waals surface area contributed by atoms with Crippen LogP contribution in [0.2, 0.25) is 0 Å². The number of nitrogens with two attached hydrogens (primary N) is 1. The van der Waals surface area contributed by atoms with E-state index in [4.69, 9.17) is 10.2 Å². The first-order valence-electron chi connectivity index (χ1n) is 11.5. The lowest BCUT2D eigenvalue weighted by molar-refractivity contribution is 0.213. The van der Waals surface area contributed by atoms with E-state index in [-0.39, 0.29) is 0 Å². The SMILES string of the molecule is CCCN1CCC(c2coc3ccc(N(CCCc4ccccc4)C(N)=O)cc23)CC1. The van der Waals surface area contributed by atoms with Gasteiger partial charge >= 0.3 is 6.03 Å². The molecule has 1 saturated heterocycles. The van der Waals surface area contributed by atoms with Gasteiger partial charge in [-0.1, -0.05) is 37.3 Å². The van der Waals surface area contributed by atoms with Crippen molar-refractivity contribution in [3.63, 3.8) is 0 Å². The maximum Gasteiger partial charge on any atom is 0.319 e. The van der Waals surface area contributed by atoms with Crippen molar-refractivity contribution in [3.8, 4) is 0 Å². The third kappa shape index (κ3) is 5.10. The van der Waals surface area contributed by atoms with Gasteiger partial charge in [0, 0.05) is 23.2 Å². The Hall–Kier alpha value is -2.79. The summed E-state index contributed by atoms with van der Waals surface area (Å²) in [5.41, 5.74) is 10.0. The van der Waals surface area contributed by atoms with Crippen molar-refractivity contribution in [1.29, 1.82) is 0 Å². The van der Waals surface area contributed by atoms with Crippen LogP contribution in [0.25, 0.3) is 11.0 Å². The van der Waals surface area contributed by atoms with Gasteiger partial charge in [0.25, 0.3) is 0 Å². The number of nitrogens with zero attached hydrogens (tertiary/aromatic N) is 2. The quantitative estimate of drug-likeness (QED) is 0.521. The Morgan fingerprint density at radius 1 is 1.16 bits per heavy atom. The van der Waals surface area contributed by atoms with Crippen LogP contribution < -0.4 is 10.6 Å². The lowest BCUT2D eigenvalue weighted by atomic mass is 9.89. The van der Waals surface area contributed by atoms with E-state index in [2.05, 4.69) is 30.0 Å². The molecule has 0 saturated carbocycles. The van der Waals surface area contributed by atoms with Crippen LogP contribution in [0.1, 0.15) is 49.7 Å². The van der Waals surface area contributed by atoms with Crippen LogP contribution in [-0.4, -0.2) is 37.1 Å². The number of carbonyl (C=O) groups is 1. The molecule has 0 bridgehead atoms. The normalized spacial score (nSPS) is 15.4. The maximum absolute atomic E-state index is 12.2. The highest BCUT2D eigenvalue weighted by Crippen LogP contribution is 2.36. The summed E-state index contributed by atoms with van der Waals surface area (Å²) in [5, 5.41) is 1.11. The number of likely N-dealkylation sites (tertiary alicyclic amines) is 1. The summed E-state index contributed by atoms with van der Waals surface area (Å²) in [6.45, 7) is 6.29. The molecule has 4 rings (SSSR count). The van der Waals surface area contributed by atoms with Crippen molar-refractivity contribution >= 4 is 22.7 Å². The Balaban J connectivity index is 1.49. The van der Waals surface area contributed by atoms with Gasteiger partial charge in [0.15, 0.2) is 0 Å². The zero-order valence-electron chi connectivity index (χ0n) is 18.4. The van der Waals surface area contributed by atoms with Gasteiger partial charge in [-0.15, -0.1) is 0 Å².